The van der Waals surface area contributed by atoms with E-state index in [1.54, 1.807) is 18.2 Å². The molecule has 2 amide bonds. The third kappa shape index (κ3) is 4.54. The Labute approximate surface area is 159 Å². The maximum atomic E-state index is 13.7. The Balaban J connectivity index is 1.54. The molecule has 1 fully saturated rings. The summed E-state index contributed by atoms with van der Waals surface area (Å²) in [5.74, 6) is -0.878. The molecule has 0 unspecified atom stereocenters. The lowest BCUT2D eigenvalue weighted by Gasteiger charge is -2.27. The SMILES string of the molecule is Cc1cccc(C)c1NC(=O)C1CCC(C(=O)Nc2ccccc2F)CC1. The molecule has 0 aromatic heterocycles. The van der Waals surface area contributed by atoms with E-state index in [0.29, 0.717) is 25.7 Å². The van der Waals surface area contributed by atoms with Gasteiger partial charge < -0.3 is 10.6 Å². The summed E-state index contributed by atoms with van der Waals surface area (Å²) in [5, 5.41) is 5.71. The summed E-state index contributed by atoms with van der Waals surface area (Å²) in [6.07, 6.45) is 2.58. The van der Waals surface area contributed by atoms with Gasteiger partial charge in [-0.05, 0) is 62.8 Å². The largest absolute Gasteiger partial charge is 0.325 e. The van der Waals surface area contributed by atoms with Crippen molar-refractivity contribution in [3.05, 3.63) is 59.4 Å². The van der Waals surface area contributed by atoms with Crippen molar-refractivity contribution in [2.75, 3.05) is 10.6 Å². The first-order valence-electron chi connectivity index (χ1n) is 9.38. The molecule has 4 nitrogen and oxygen atoms in total. The van der Waals surface area contributed by atoms with Gasteiger partial charge in [-0.25, -0.2) is 4.39 Å². The van der Waals surface area contributed by atoms with Gasteiger partial charge in [0.2, 0.25) is 11.8 Å². The van der Waals surface area contributed by atoms with E-state index in [9.17, 15) is 14.0 Å². The van der Waals surface area contributed by atoms with Crippen molar-refractivity contribution in [1.29, 1.82) is 0 Å². The molecule has 0 spiro atoms. The van der Waals surface area contributed by atoms with Gasteiger partial charge in [0.15, 0.2) is 0 Å². The van der Waals surface area contributed by atoms with Crippen LogP contribution in [0.2, 0.25) is 0 Å². The van der Waals surface area contributed by atoms with Crippen molar-refractivity contribution in [2.24, 2.45) is 11.8 Å². The van der Waals surface area contributed by atoms with Gasteiger partial charge in [-0.1, -0.05) is 30.3 Å². The first-order chi connectivity index (χ1) is 13.0. The van der Waals surface area contributed by atoms with E-state index in [0.717, 1.165) is 16.8 Å². The van der Waals surface area contributed by atoms with Crippen LogP contribution in [0.3, 0.4) is 0 Å². The molecule has 0 bridgehead atoms. The van der Waals surface area contributed by atoms with Crippen molar-refractivity contribution in [1.82, 2.24) is 0 Å². The van der Waals surface area contributed by atoms with E-state index >= 15 is 0 Å². The van der Waals surface area contributed by atoms with Crippen LogP contribution in [-0.2, 0) is 9.59 Å². The lowest BCUT2D eigenvalue weighted by Crippen LogP contribution is -2.32. The second kappa shape index (κ2) is 8.33. The zero-order valence-corrected chi connectivity index (χ0v) is 15.7. The number of aryl methyl sites for hydroxylation is 2. The minimum atomic E-state index is -0.437. The van der Waals surface area contributed by atoms with Crippen LogP contribution in [0, 0.1) is 31.5 Å². The predicted molar refractivity (Wildman–Crippen MR) is 105 cm³/mol. The van der Waals surface area contributed by atoms with E-state index in [-0.39, 0.29) is 29.3 Å². The van der Waals surface area contributed by atoms with Crippen LogP contribution in [0.1, 0.15) is 36.8 Å². The summed E-state index contributed by atoms with van der Waals surface area (Å²) in [7, 11) is 0. The van der Waals surface area contributed by atoms with Gasteiger partial charge in [-0.15, -0.1) is 0 Å². The number of anilines is 2. The highest BCUT2D eigenvalue weighted by atomic mass is 19.1. The van der Waals surface area contributed by atoms with Gasteiger partial charge >= 0.3 is 0 Å². The highest BCUT2D eigenvalue weighted by Gasteiger charge is 2.30. The molecule has 1 aliphatic carbocycles. The van der Waals surface area contributed by atoms with E-state index in [4.69, 9.17) is 0 Å². The minimum absolute atomic E-state index is 0.0142. The predicted octanol–water partition coefficient (Wildman–Crippen LogP) is 4.83. The van der Waals surface area contributed by atoms with Crippen LogP contribution in [0.15, 0.2) is 42.5 Å². The molecule has 2 aromatic rings. The Hall–Kier alpha value is -2.69. The molecule has 2 N–H and O–H groups in total. The zero-order chi connectivity index (χ0) is 19.4. The van der Waals surface area contributed by atoms with E-state index in [1.807, 2.05) is 32.0 Å². The molecule has 2 aromatic carbocycles. The summed E-state index contributed by atoms with van der Waals surface area (Å²) in [4.78, 5) is 25.0. The molecule has 0 aliphatic heterocycles. The molecule has 0 atom stereocenters. The van der Waals surface area contributed by atoms with Gasteiger partial charge in [-0.3, -0.25) is 9.59 Å². The molecule has 0 radical (unpaired) electrons. The normalized spacial score (nSPS) is 19.4. The maximum Gasteiger partial charge on any atom is 0.227 e. The fourth-order valence-corrected chi connectivity index (χ4v) is 3.65. The zero-order valence-electron chi connectivity index (χ0n) is 15.7. The number of para-hydroxylation sites is 2. The van der Waals surface area contributed by atoms with Crippen LogP contribution >= 0.6 is 0 Å². The first-order valence-corrected chi connectivity index (χ1v) is 9.38. The highest BCUT2D eigenvalue weighted by molar-refractivity contribution is 5.95. The lowest BCUT2D eigenvalue weighted by atomic mass is 9.81. The third-order valence-corrected chi connectivity index (χ3v) is 5.33. The summed E-state index contributed by atoms with van der Waals surface area (Å²) in [6, 6.07) is 12.1. The molecule has 1 aliphatic rings. The average Bonchev–Trinajstić information content (AvgIpc) is 2.66. The number of rotatable bonds is 4. The fraction of sp³-hybridized carbons (Fsp3) is 0.364. The van der Waals surface area contributed by atoms with Crippen molar-refractivity contribution < 1.29 is 14.0 Å². The average molecular weight is 368 g/mol. The number of benzene rings is 2. The van der Waals surface area contributed by atoms with Crippen LogP contribution < -0.4 is 10.6 Å². The summed E-state index contributed by atoms with van der Waals surface area (Å²) in [5.41, 5.74) is 3.17. The molecular weight excluding hydrogens is 343 g/mol. The fourth-order valence-electron chi connectivity index (χ4n) is 3.65. The van der Waals surface area contributed by atoms with Crippen molar-refractivity contribution in [2.45, 2.75) is 39.5 Å². The van der Waals surface area contributed by atoms with Crippen molar-refractivity contribution in [3.63, 3.8) is 0 Å². The van der Waals surface area contributed by atoms with Gasteiger partial charge in [0, 0.05) is 17.5 Å². The first kappa shape index (κ1) is 19.1. The maximum absolute atomic E-state index is 13.7. The molecule has 0 heterocycles. The lowest BCUT2D eigenvalue weighted by molar-refractivity contribution is -0.125. The third-order valence-electron chi connectivity index (χ3n) is 5.33. The molecule has 0 saturated heterocycles. The Bertz CT molecular complexity index is 822. The Morgan fingerprint density at radius 3 is 1.89 bits per heavy atom. The van der Waals surface area contributed by atoms with Crippen LogP contribution in [0.4, 0.5) is 15.8 Å². The molecule has 5 heteroatoms. The molecule has 3 rings (SSSR count). The summed E-state index contributed by atoms with van der Waals surface area (Å²) >= 11 is 0. The molecule has 142 valence electrons. The van der Waals surface area contributed by atoms with Gasteiger partial charge in [0.1, 0.15) is 5.82 Å². The topological polar surface area (TPSA) is 58.2 Å². The Kier molecular flexibility index (Phi) is 5.89. The standard InChI is InChI=1S/C22H25FN2O2/c1-14-6-5-7-15(2)20(14)25-22(27)17-12-10-16(11-13-17)21(26)24-19-9-4-3-8-18(19)23/h3-9,16-17H,10-13H2,1-2H3,(H,24,26)(H,25,27). The molecule has 27 heavy (non-hydrogen) atoms. The Morgan fingerprint density at radius 2 is 1.33 bits per heavy atom. The van der Waals surface area contributed by atoms with Crippen molar-refractivity contribution in [3.8, 4) is 0 Å². The summed E-state index contributed by atoms with van der Waals surface area (Å²) in [6.45, 7) is 3.96. The second-order valence-electron chi connectivity index (χ2n) is 7.27. The number of halogens is 1. The van der Waals surface area contributed by atoms with E-state index < -0.39 is 5.82 Å². The number of amides is 2. The summed E-state index contributed by atoms with van der Waals surface area (Å²) < 4.78 is 13.7. The van der Waals surface area contributed by atoms with Crippen LogP contribution in [-0.4, -0.2) is 11.8 Å². The molecule has 1 saturated carbocycles. The smallest absolute Gasteiger partial charge is 0.227 e. The second-order valence-corrected chi connectivity index (χ2v) is 7.27. The van der Waals surface area contributed by atoms with Gasteiger partial charge in [0.05, 0.1) is 5.69 Å². The number of carbonyl (C=O) groups is 2. The van der Waals surface area contributed by atoms with Crippen LogP contribution in [0.5, 0.6) is 0 Å². The Morgan fingerprint density at radius 1 is 0.815 bits per heavy atom. The quantitative estimate of drug-likeness (QED) is 0.812. The number of hydrogen-bond donors (Lipinski definition) is 2. The van der Waals surface area contributed by atoms with E-state index in [2.05, 4.69) is 10.6 Å². The molecular formula is C22H25FN2O2. The number of nitrogens with one attached hydrogen (secondary N) is 2. The van der Waals surface area contributed by atoms with Gasteiger partial charge in [-0.2, -0.15) is 0 Å². The van der Waals surface area contributed by atoms with Crippen molar-refractivity contribution >= 4 is 23.2 Å². The number of carbonyl (C=O) groups excluding carboxylic acids is 2. The monoisotopic (exact) mass is 368 g/mol. The van der Waals surface area contributed by atoms with E-state index in [1.165, 1.54) is 6.07 Å². The number of hydrogen-bond acceptors (Lipinski definition) is 2. The van der Waals surface area contributed by atoms with Gasteiger partial charge in [0.25, 0.3) is 0 Å². The van der Waals surface area contributed by atoms with Crippen LogP contribution in [0.25, 0.3) is 0 Å². The minimum Gasteiger partial charge on any atom is -0.325 e. The highest BCUT2D eigenvalue weighted by Crippen LogP contribution is 2.31.